The van der Waals surface area contributed by atoms with E-state index >= 15 is 0 Å². The number of amides is 1. The van der Waals surface area contributed by atoms with Gasteiger partial charge in [0.05, 0.1) is 17.7 Å². The molecular weight excluding hydrogens is 290 g/mol. The van der Waals surface area contributed by atoms with Gasteiger partial charge in [-0.25, -0.2) is 0 Å². The minimum Gasteiger partial charge on any atom is -0.451 e. The molecule has 0 N–H and O–H groups in total. The molecule has 0 bridgehead atoms. The molecule has 1 unspecified atom stereocenters. The average Bonchev–Trinajstić information content (AvgIpc) is 2.96. The molecule has 1 aliphatic rings. The first-order valence-corrected chi connectivity index (χ1v) is 7.28. The van der Waals surface area contributed by atoms with Crippen LogP contribution in [0.1, 0.15) is 17.5 Å². The lowest BCUT2D eigenvalue weighted by molar-refractivity contribution is -0.0134. The molecule has 1 saturated heterocycles. The first-order chi connectivity index (χ1) is 10.1. The number of morpholine rings is 1. The van der Waals surface area contributed by atoms with Crippen molar-refractivity contribution in [2.75, 3.05) is 19.7 Å². The number of rotatable bonds is 2. The number of furan rings is 1. The van der Waals surface area contributed by atoms with E-state index in [1.807, 2.05) is 25.1 Å². The quantitative estimate of drug-likeness (QED) is 0.853. The van der Waals surface area contributed by atoms with E-state index in [4.69, 9.17) is 20.8 Å². The summed E-state index contributed by atoms with van der Waals surface area (Å²) in [6.07, 6.45) is 0.0562. The van der Waals surface area contributed by atoms with Crippen LogP contribution in [0.5, 0.6) is 0 Å². The monoisotopic (exact) mass is 305 g/mol. The highest BCUT2D eigenvalue weighted by molar-refractivity contribution is 6.33. The van der Waals surface area contributed by atoms with E-state index in [1.54, 1.807) is 23.1 Å². The summed E-state index contributed by atoms with van der Waals surface area (Å²) in [6.45, 7) is 3.69. The molecule has 1 aliphatic heterocycles. The summed E-state index contributed by atoms with van der Waals surface area (Å²) in [5.74, 6) is 0.827. The first kappa shape index (κ1) is 14.2. The largest absolute Gasteiger partial charge is 0.451 e. The van der Waals surface area contributed by atoms with Crippen LogP contribution in [0.3, 0.4) is 0 Å². The predicted octanol–water partition coefficient (Wildman–Crippen LogP) is 3.46. The molecule has 3 rings (SSSR count). The highest BCUT2D eigenvalue weighted by Crippen LogP contribution is 2.29. The van der Waals surface area contributed by atoms with E-state index in [2.05, 4.69) is 0 Å². The molecule has 2 heterocycles. The van der Waals surface area contributed by atoms with Gasteiger partial charge in [0, 0.05) is 18.7 Å². The topological polar surface area (TPSA) is 42.7 Å². The molecule has 0 saturated carbocycles. The molecule has 0 radical (unpaired) electrons. The Morgan fingerprint density at radius 2 is 2.10 bits per heavy atom. The van der Waals surface area contributed by atoms with Crippen LogP contribution >= 0.6 is 11.6 Å². The summed E-state index contributed by atoms with van der Waals surface area (Å²) in [5, 5.41) is 0.603. The van der Waals surface area contributed by atoms with Gasteiger partial charge in [0.25, 0.3) is 5.91 Å². The Labute approximate surface area is 128 Å². The maximum absolute atomic E-state index is 12.4. The Morgan fingerprint density at radius 3 is 2.86 bits per heavy atom. The maximum atomic E-state index is 12.4. The molecule has 0 aliphatic carbocycles. The van der Waals surface area contributed by atoms with Gasteiger partial charge in [-0.1, -0.05) is 23.7 Å². The van der Waals surface area contributed by atoms with Gasteiger partial charge in [0.15, 0.2) is 5.76 Å². The summed E-state index contributed by atoms with van der Waals surface area (Å²) in [4.78, 5) is 14.2. The molecule has 4 nitrogen and oxygen atoms in total. The van der Waals surface area contributed by atoms with E-state index < -0.39 is 0 Å². The Hall–Kier alpha value is -1.78. The number of halogens is 1. The van der Waals surface area contributed by atoms with Gasteiger partial charge in [-0.3, -0.25) is 4.79 Å². The maximum Gasteiger partial charge on any atom is 0.289 e. The summed E-state index contributed by atoms with van der Waals surface area (Å²) < 4.78 is 11.1. The number of ether oxygens (including phenoxy) is 1. The summed E-state index contributed by atoms with van der Waals surface area (Å²) in [7, 11) is 0. The lowest BCUT2D eigenvalue weighted by Gasteiger charge is -2.30. The second kappa shape index (κ2) is 5.92. The lowest BCUT2D eigenvalue weighted by atomic mass is 10.2. The van der Waals surface area contributed by atoms with Gasteiger partial charge in [-0.2, -0.15) is 0 Å². The zero-order valence-corrected chi connectivity index (χ0v) is 12.5. The number of hydrogen-bond acceptors (Lipinski definition) is 3. The van der Waals surface area contributed by atoms with Crippen molar-refractivity contribution < 1.29 is 13.9 Å². The van der Waals surface area contributed by atoms with Gasteiger partial charge in [-0.05, 0) is 31.2 Å². The van der Waals surface area contributed by atoms with Crippen LogP contribution < -0.4 is 0 Å². The molecule has 1 amide bonds. The van der Waals surface area contributed by atoms with E-state index in [-0.39, 0.29) is 12.0 Å². The van der Waals surface area contributed by atoms with Crippen LogP contribution in [-0.2, 0) is 4.74 Å². The second-order valence-corrected chi connectivity index (χ2v) is 5.48. The third-order valence-corrected chi connectivity index (χ3v) is 3.81. The molecule has 5 heteroatoms. The molecule has 1 atom stereocenters. The number of carbonyl (C=O) groups excluding carboxylic acids is 1. The van der Waals surface area contributed by atoms with Crippen molar-refractivity contribution in [1.82, 2.24) is 4.90 Å². The number of nitrogens with zero attached hydrogens (tertiary/aromatic N) is 1. The van der Waals surface area contributed by atoms with E-state index in [0.717, 1.165) is 5.56 Å². The smallest absolute Gasteiger partial charge is 0.289 e. The van der Waals surface area contributed by atoms with Crippen LogP contribution in [0, 0.1) is 0 Å². The lowest BCUT2D eigenvalue weighted by Crippen LogP contribution is -2.44. The Kier molecular flexibility index (Phi) is 3.99. The molecule has 1 fully saturated rings. The highest BCUT2D eigenvalue weighted by atomic mass is 35.5. The normalized spacial score (nSPS) is 18.8. The van der Waals surface area contributed by atoms with Gasteiger partial charge in [0.2, 0.25) is 0 Å². The minimum absolute atomic E-state index is 0.0562. The van der Waals surface area contributed by atoms with Crippen molar-refractivity contribution >= 4 is 17.5 Å². The van der Waals surface area contributed by atoms with Gasteiger partial charge >= 0.3 is 0 Å². The van der Waals surface area contributed by atoms with E-state index in [1.165, 1.54) is 0 Å². The second-order valence-electron chi connectivity index (χ2n) is 5.08. The predicted molar refractivity (Wildman–Crippen MR) is 80.5 cm³/mol. The third-order valence-electron chi connectivity index (χ3n) is 3.48. The third kappa shape index (κ3) is 2.96. The molecule has 21 heavy (non-hydrogen) atoms. The first-order valence-electron chi connectivity index (χ1n) is 6.91. The number of hydrogen-bond donors (Lipinski definition) is 0. The fourth-order valence-electron chi connectivity index (χ4n) is 2.42. The zero-order chi connectivity index (χ0) is 14.8. The SMILES string of the molecule is CC1CN(C(=O)c2ccc(-c3ccccc3Cl)o2)CCO1. The van der Waals surface area contributed by atoms with Crippen LogP contribution in [0.4, 0.5) is 0 Å². The molecule has 110 valence electrons. The molecule has 1 aromatic heterocycles. The number of benzene rings is 1. The standard InChI is InChI=1S/C16H16ClNO3/c1-11-10-18(8-9-20-11)16(19)15-7-6-14(21-15)12-4-2-3-5-13(12)17/h2-7,11H,8-10H2,1H3. The van der Waals surface area contributed by atoms with Crippen LogP contribution in [-0.4, -0.2) is 36.6 Å². The van der Waals surface area contributed by atoms with Gasteiger partial charge < -0.3 is 14.1 Å². The van der Waals surface area contributed by atoms with Crippen molar-refractivity contribution in [2.45, 2.75) is 13.0 Å². The van der Waals surface area contributed by atoms with Crippen LogP contribution in [0.2, 0.25) is 5.02 Å². The fourth-order valence-corrected chi connectivity index (χ4v) is 2.65. The zero-order valence-electron chi connectivity index (χ0n) is 11.7. The minimum atomic E-state index is -0.108. The van der Waals surface area contributed by atoms with Crippen molar-refractivity contribution in [1.29, 1.82) is 0 Å². The van der Waals surface area contributed by atoms with Gasteiger partial charge in [-0.15, -0.1) is 0 Å². The van der Waals surface area contributed by atoms with E-state index in [9.17, 15) is 4.79 Å². The van der Waals surface area contributed by atoms with Gasteiger partial charge in [0.1, 0.15) is 5.76 Å². The Bertz CT molecular complexity index is 652. The summed E-state index contributed by atoms with van der Waals surface area (Å²) in [6, 6.07) is 10.9. The number of carbonyl (C=O) groups is 1. The van der Waals surface area contributed by atoms with Crippen LogP contribution in [0.15, 0.2) is 40.8 Å². The Balaban J connectivity index is 1.82. The van der Waals surface area contributed by atoms with E-state index in [0.29, 0.717) is 36.2 Å². The molecule has 2 aromatic rings. The average molecular weight is 306 g/mol. The van der Waals surface area contributed by atoms with Crippen molar-refractivity contribution in [3.05, 3.63) is 47.2 Å². The van der Waals surface area contributed by atoms with Crippen molar-refractivity contribution in [2.24, 2.45) is 0 Å². The highest BCUT2D eigenvalue weighted by Gasteiger charge is 2.25. The Morgan fingerprint density at radius 1 is 1.29 bits per heavy atom. The van der Waals surface area contributed by atoms with Crippen LogP contribution in [0.25, 0.3) is 11.3 Å². The summed E-state index contributed by atoms with van der Waals surface area (Å²) in [5.41, 5.74) is 0.786. The molecular formula is C16H16ClNO3. The van der Waals surface area contributed by atoms with Crippen molar-refractivity contribution in [3.63, 3.8) is 0 Å². The molecule has 1 aromatic carbocycles. The fraction of sp³-hybridized carbons (Fsp3) is 0.312. The van der Waals surface area contributed by atoms with Crippen molar-refractivity contribution in [3.8, 4) is 11.3 Å². The summed E-state index contributed by atoms with van der Waals surface area (Å²) >= 11 is 6.14. The molecule has 0 spiro atoms.